The van der Waals surface area contributed by atoms with Crippen molar-refractivity contribution >= 4 is 5.97 Å². The molecule has 0 amide bonds. The van der Waals surface area contributed by atoms with Gasteiger partial charge in [0.05, 0.1) is 24.2 Å². The van der Waals surface area contributed by atoms with Crippen molar-refractivity contribution in [3.63, 3.8) is 0 Å². The van der Waals surface area contributed by atoms with Crippen LogP contribution in [0.4, 0.5) is 0 Å². The Morgan fingerprint density at radius 1 is 1.00 bits per heavy atom. The highest BCUT2D eigenvalue weighted by molar-refractivity contribution is 5.76. The predicted molar refractivity (Wildman–Crippen MR) is 135 cm³/mol. The van der Waals surface area contributed by atoms with Gasteiger partial charge in [0.25, 0.3) is 0 Å². The van der Waals surface area contributed by atoms with Gasteiger partial charge in [-0.2, -0.15) is 0 Å². The number of aliphatic hydroxyl groups is 3. The summed E-state index contributed by atoms with van der Waals surface area (Å²) in [7, 11) is 0. The fraction of sp³-hybridized carbons (Fsp3) is 0.900. The molecule has 5 nitrogen and oxygen atoms in total. The Hall–Kier alpha value is -0.910. The maximum atomic E-state index is 12.8. The molecule has 198 valence electrons. The summed E-state index contributed by atoms with van der Waals surface area (Å²) >= 11 is 0. The van der Waals surface area contributed by atoms with Crippen molar-refractivity contribution in [3.05, 3.63) is 11.6 Å². The van der Waals surface area contributed by atoms with Gasteiger partial charge in [-0.3, -0.25) is 4.79 Å². The summed E-state index contributed by atoms with van der Waals surface area (Å²) in [4.78, 5) is 12.8. The van der Waals surface area contributed by atoms with Crippen LogP contribution in [0, 0.1) is 56.7 Å². The summed E-state index contributed by atoms with van der Waals surface area (Å²) in [5.41, 5.74) is -0.214. The molecule has 4 unspecified atom stereocenters. The van der Waals surface area contributed by atoms with Crippen molar-refractivity contribution < 1.29 is 25.2 Å². The highest BCUT2D eigenvalue weighted by Gasteiger charge is 2.70. The van der Waals surface area contributed by atoms with Crippen molar-refractivity contribution in [3.8, 4) is 0 Å². The van der Waals surface area contributed by atoms with Gasteiger partial charge in [-0.15, -0.1) is 0 Å². The van der Waals surface area contributed by atoms with Crippen LogP contribution in [0.2, 0.25) is 0 Å². The van der Waals surface area contributed by atoms with Crippen molar-refractivity contribution in [1.29, 1.82) is 0 Å². The number of aliphatic hydroxyl groups excluding tert-OH is 3. The van der Waals surface area contributed by atoms with Crippen LogP contribution in [-0.2, 0) is 4.79 Å². The average Bonchev–Trinajstić information content (AvgIpc) is 2.80. The number of rotatable bonds is 2. The quantitative estimate of drug-likeness (QED) is 0.409. The van der Waals surface area contributed by atoms with E-state index in [-0.39, 0.29) is 34.7 Å². The SMILES string of the molecule is CC1CC[C@]2(C(=O)O)CC[C@]3(C)C(=CC[C@H]4[C@@]5(C)CC(O)C(O)[C@@](C)(CO)[C@H]5CC[C@]43C)[C@H]2C1C. The van der Waals surface area contributed by atoms with E-state index in [4.69, 9.17) is 0 Å². The highest BCUT2D eigenvalue weighted by atomic mass is 16.4. The van der Waals surface area contributed by atoms with E-state index < -0.39 is 29.0 Å². The molecule has 5 heteroatoms. The van der Waals surface area contributed by atoms with E-state index in [1.165, 1.54) is 5.57 Å². The van der Waals surface area contributed by atoms with Gasteiger partial charge in [-0.05, 0) is 97.2 Å². The van der Waals surface area contributed by atoms with Gasteiger partial charge in [0.2, 0.25) is 0 Å². The van der Waals surface area contributed by atoms with Crippen LogP contribution in [0.5, 0.6) is 0 Å². The molecule has 0 radical (unpaired) electrons. The summed E-state index contributed by atoms with van der Waals surface area (Å²) in [5.74, 6) is 0.828. The first-order valence-electron chi connectivity index (χ1n) is 14.1. The normalized spacial score (nSPS) is 57.7. The third-order valence-corrected chi connectivity index (χ3v) is 13.5. The van der Waals surface area contributed by atoms with Crippen LogP contribution in [0.25, 0.3) is 0 Å². The zero-order valence-electron chi connectivity index (χ0n) is 22.7. The molecule has 4 saturated carbocycles. The van der Waals surface area contributed by atoms with E-state index in [0.29, 0.717) is 24.2 Å². The number of fused-ring (bicyclic) bond motifs is 7. The van der Waals surface area contributed by atoms with E-state index >= 15 is 0 Å². The maximum absolute atomic E-state index is 12.8. The molecule has 0 bridgehead atoms. The van der Waals surface area contributed by atoms with Gasteiger partial charge in [0, 0.05) is 5.41 Å². The second-order valence-corrected chi connectivity index (χ2v) is 14.5. The first-order valence-corrected chi connectivity index (χ1v) is 14.1. The van der Waals surface area contributed by atoms with Crippen molar-refractivity contribution in [2.75, 3.05) is 6.61 Å². The molecule has 12 atom stereocenters. The van der Waals surface area contributed by atoms with Crippen LogP contribution >= 0.6 is 0 Å². The van der Waals surface area contributed by atoms with Gasteiger partial charge >= 0.3 is 5.97 Å². The lowest BCUT2D eigenvalue weighted by molar-refractivity contribution is -0.244. The van der Waals surface area contributed by atoms with E-state index in [1.807, 2.05) is 6.92 Å². The molecule has 4 N–H and O–H groups in total. The largest absolute Gasteiger partial charge is 0.481 e. The van der Waals surface area contributed by atoms with Gasteiger partial charge in [0.15, 0.2) is 0 Å². The molecule has 0 aliphatic heterocycles. The molecule has 0 spiro atoms. The van der Waals surface area contributed by atoms with Crippen LogP contribution in [-0.4, -0.2) is 45.2 Å². The van der Waals surface area contributed by atoms with Gasteiger partial charge < -0.3 is 20.4 Å². The first kappa shape index (κ1) is 25.7. The Balaban J connectivity index is 1.62. The number of aliphatic carboxylic acids is 1. The maximum Gasteiger partial charge on any atom is 0.310 e. The Kier molecular flexibility index (Phi) is 5.73. The number of hydrogen-bond donors (Lipinski definition) is 4. The van der Waals surface area contributed by atoms with E-state index in [1.54, 1.807) is 0 Å². The third kappa shape index (κ3) is 2.95. The monoisotopic (exact) mass is 488 g/mol. The van der Waals surface area contributed by atoms with E-state index in [0.717, 1.165) is 44.9 Å². The van der Waals surface area contributed by atoms with Crippen LogP contribution in [0.15, 0.2) is 11.6 Å². The third-order valence-electron chi connectivity index (χ3n) is 13.5. The molecule has 0 aromatic rings. The standard InChI is InChI=1S/C30H48O5/c1-17-9-12-30(25(34)35)14-13-28(5)19(23(30)18(17)2)7-8-22-26(3)15-20(32)24(33)27(4,16-31)21(26)10-11-29(22,28)6/h7,17-18,20-24,31-33H,8-16H2,1-6H3,(H,34,35)/t17?,18?,20?,21-,22-,23+,24?,26-,27-,28+,29+,30-/m0/s1. The number of carbonyl (C=O) groups is 1. The summed E-state index contributed by atoms with van der Waals surface area (Å²) < 4.78 is 0. The molecule has 5 aliphatic rings. The lowest BCUT2D eigenvalue weighted by Gasteiger charge is -2.71. The van der Waals surface area contributed by atoms with E-state index in [2.05, 4.69) is 40.7 Å². The number of carboxylic acid groups (broad SMARTS) is 1. The van der Waals surface area contributed by atoms with Crippen LogP contribution in [0.3, 0.4) is 0 Å². The molecule has 0 aromatic heterocycles. The fourth-order valence-corrected chi connectivity index (χ4v) is 11.0. The average molecular weight is 489 g/mol. The van der Waals surface area contributed by atoms with Gasteiger partial charge in [0.1, 0.15) is 0 Å². The Morgan fingerprint density at radius 3 is 2.31 bits per heavy atom. The summed E-state index contributed by atoms with van der Waals surface area (Å²) in [5, 5.41) is 42.9. The van der Waals surface area contributed by atoms with Crippen LogP contribution < -0.4 is 0 Å². The lowest BCUT2D eigenvalue weighted by Crippen LogP contribution is -2.68. The molecule has 0 aromatic carbocycles. The zero-order chi connectivity index (χ0) is 25.8. The Labute approximate surface area is 211 Å². The molecular weight excluding hydrogens is 440 g/mol. The summed E-state index contributed by atoms with van der Waals surface area (Å²) in [6, 6.07) is 0. The van der Waals surface area contributed by atoms with Crippen LogP contribution in [0.1, 0.15) is 92.9 Å². The zero-order valence-corrected chi connectivity index (χ0v) is 22.7. The summed E-state index contributed by atoms with van der Waals surface area (Å²) in [6.45, 7) is 13.6. The van der Waals surface area contributed by atoms with E-state index in [9.17, 15) is 25.2 Å². The molecular formula is C30H48O5. The fourth-order valence-electron chi connectivity index (χ4n) is 11.0. The lowest BCUT2D eigenvalue weighted by atomic mass is 9.33. The minimum absolute atomic E-state index is 0.00815. The van der Waals surface area contributed by atoms with Gasteiger partial charge in [-0.1, -0.05) is 53.2 Å². The Morgan fingerprint density at radius 2 is 1.69 bits per heavy atom. The highest BCUT2D eigenvalue weighted by Crippen LogP contribution is 2.75. The van der Waals surface area contributed by atoms with Crippen molar-refractivity contribution in [2.45, 2.75) is 105 Å². The number of hydrogen-bond acceptors (Lipinski definition) is 4. The summed E-state index contributed by atoms with van der Waals surface area (Å²) in [6.07, 6.45) is 7.51. The second kappa shape index (κ2) is 7.80. The predicted octanol–water partition coefficient (Wildman–Crippen LogP) is 5.03. The Bertz CT molecular complexity index is 930. The smallest absolute Gasteiger partial charge is 0.310 e. The first-order chi connectivity index (χ1) is 16.2. The minimum atomic E-state index is -0.907. The molecule has 35 heavy (non-hydrogen) atoms. The molecule has 0 heterocycles. The van der Waals surface area contributed by atoms with Crippen molar-refractivity contribution in [1.82, 2.24) is 0 Å². The number of allylic oxidation sites excluding steroid dienone is 2. The molecule has 5 aliphatic carbocycles. The minimum Gasteiger partial charge on any atom is -0.481 e. The molecule has 4 fully saturated rings. The molecule has 0 saturated heterocycles. The van der Waals surface area contributed by atoms with Crippen molar-refractivity contribution in [2.24, 2.45) is 56.7 Å². The topological polar surface area (TPSA) is 98.0 Å². The second-order valence-electron chi connectivity index (χ2n) is 14.5. The van der Waals surface area contributed by atoms with Gasteiger partial charge in [-0.25, -0.2) is 0 Å². The molecule has 5 rings (SSSR count). The number of carboxylic acids is 1.